The van der Waals surface area contributed by atoms with E-state index in [1.807, 2.05) is 0 Å². The lowest BCUT2D eigenvalue weighted by Crippen LogP contribution is -2.26. The lowest BCUT2D eigenvalue weighted by atomic mass is 9.98. The van der Waals surface area contributed by atoms with Gasteiger partial charge in [0.1, 0.15) is 0 Å². The lowest BCUT2D eigenvalue weighted by Gasteiger charge is -2.22. The first-order valence-electron chi connectivity index (χ1n) is 6.11. The number of thioether (sulfide) groups is 1. The van der Waals surface area contributed by atoms with Crippen molar-refractivity contribution in [3.8, 4) is 0 Å². The summed E-state index contributed by atoms with van der Waals surface area (Å²) < 4.78 is 41.0. The SMILES string of the molecule is FC(F)(F)SCCNCCOC1CCCCC1. The van der Waals surface area contributed by atoms with Crippen LogP contribution in [0, 0.1) is 0 Å². The van der Waals surface area contributed by atoms with Crippen molar-refractivity contribution in [1.29, 1.82) is 0 Å². The minimum atomic E-state index is -4.11. The van der Waals surface area contributed by atoms with Crippen LogP contribution >= 0.6 is 11.8 Å². The maximum atomic E-state index is 11.8. The molecule has 0 heterocycles. The Morgan fingerprint density at radius 2 is 1.82 bits per heavy atom. The summed E-state index contributed by atoms with van der Waals surface area (Å²) in [7, 11) is 0. The highest BCUT2D eigenvalue weighted by atomic mass is 32.2. The zero-order valence-corrected chi connectivity index (χ0v) is 10.7. The summed E-state index contributed by atoms with van der Waals surface area (Å²) in [4.78, 5) is 0. The summed E-state index contributed by atoms with van der Waals surface area (Å²) in [6.07, 6.45) is 6.40. The van der Waals surface area contributed by atoms with Crippen LogP contribution in [0.15, 0.2) is 0 Å². The minimum Gasteiger partial charge on any atom is -0.377 e. The standard InChI is InChI=1S/C11H20F3NOS/c12-11(13,14)17-9-7-15-6-8-16-10-4-2-1-3-5-10/h10,15H,1-9H2. The smallest absolute Gasteiger partial charge is 0.377 e. The summed E-state index contributed by atoms with van der Waals surface area (Å²) in [5, 5.41) is 2.95. The van der Waals surface area contributed by atoms with Crippen LogP contribution in [0.5, 0.6) is 0 Å². The van der Waals surface area contributed by atoms with Crippen molar-refractivity contribution < 1.29 is 17.9 Å². The van der Waals surface area contributed by atoms with Crippen molar-refractivity contribution in [1.82, 2.24) is 5.32 Å². The Morgan fingerprint density at radius 3 is 2.47 bits per heavy atom. The van der Waals surface area contributed by atoms with E-state index in [4.69, 9.17) is 4.74 Å². The Labute approximate surface area is 105 Å². The zero-order chi connectivity index (χ0) is 12.6. The molecule has 17 heavy (non-hydrogen) atoms. The largest absolute Gasteiger partial charge is 0.441 e. The van der Waals surface area contributed by atoms with Crippen molar-refractivity contribution in [2.45, 2.75) is 43.7 Å². The Morgan fingerprint density at radius 1 is 1.12 bits per heavy atom. The fourth-order valence-electron chi connectivity index (χ4n) is 1.89. The number of hydrogen-bond donors (Lipinski definition) is 1. The van der Waals surface area contributed by atoms with E-state index < -0.39 is 5.51 Å². The van der Waals surface area contributed by atoms with Gasteiger partial charge >= 0.3 is 5.51 Å². The van der Waals surface area contributed by atoms with Gasteiger partial charge in [0, 0.05) is 18.8 Å². The zero-order valence-electron chi connectivity index (χ0n) is 9.89. The number of hydrogen-bond acceptors (Lipinski definition) is 3. The number of rotatable bonds is 7. The number of alkyl halides is 3. The van der Waals surface area contributed by atoms with Gasteiger partial charge in [-0.1, -0.05) is 19.3 Å². The minimum absolute atomic E-state index is 0.0164. The quantitative estimate of drug-likeness (QED) is 0.719. The second-order valence-corrected chi connectivity index (χ2v) is 5.33. The predicted octanol–water partition coefficient (Wildman–Crippen LogP) is 3.18. The molecule has 0 spiro atoms. The molecule has 102 valence electrons. The summed E-state index contributed by atoms with van der Waals surface area (Å²) in [5.41, 5.74) is -4.11. The van der Waals surface area contributed by atoms with Gasteiger partial charge in [0.05, 0.1) is 12.7 Å². The summed E-state index contributed by atoms with van der Waals surface area (Å²) >= 11 is 0.0164. The molecule has 1 rings (SSSR count). The second kappa shape index (κ2) is 8.21. The third-order valence-corrected chi connectivity index (χ3v) is 3.46. The van der Waals surface area contributed by atoms with Crippen LogP contribution in [-0.4, -0.2) is 37.1 Å². The van der Waals surface area contributed by atoms with E-state index in [1.165, 1.54) is 19.3 Å². The monoisotopic (exact) mass is 271 g/mol. The molecule has 6 heteroatoms. The molecule has 1 fully saturated rings. The lowest BCUT2D eigenvalue weighted by molar-refractivity contribution is -0.0327. The van der Waals surface area contributed by atoms with Crippen molar-refractivity contribution in [3.63, 3.8) is 0 Å². The van der Waals surface area contributed by atoms with Crippen LogP contribution in [0.2, 0.25) is 0 Å². The molecule has 0 atom stereocenters. The summed E-state index contributed by atoms with van der Waals surface area (Å²) in [5.74, 6) is 0.0624. The van der Waals surface area contributed by atoms with Crippen molar-refractivity contribution in [2.24, 2.45) is 0 Å². The second-order valence-electron chi connectivity index (χ2n) is 4.18. The molecule has 0 aromatic rings. The summed E-state index contributed by atoms with van der Waals surface area (Å²) in [6, 6.07) is 0. The van der Waals surface area contributed by atoms with Crippen LogP contribution in [-0.2, 0) is 4.74 Å². The fraction of sp³-hybridized carbons (Fsp3) is 1.00. The van der Waals surface area contributed by atoms with E-state index in [-0.39, 0.29) is 17.5 Å². The molecule has 0 aromatic carbocycles. The molecule has 1 aliphatic rings. The van der Waals surface area contributed by atoms with Gasteiger partial charge in [0.2, 0.25) is 0 Å². The van der Waals surface area contributed by atoms with Crippen LogP contribution < -0.4 is 5.32 Å². The van der Waals surface area contributed by atoms with Gasteiger partial charge in [-0.05, 0) is 24.6 Å². The maximum absolute atomic E-state index is 11.8. The first-order chi connectivity index (χ1) is 8.08. The van der Waals surface area contributed by atoms with Crippen LogP contribution in [0.4, 0.5) is 13.2 Å². The van der Waals surface area contributed by atoms with Gasteiger partial charge in [-0.3, -0.25) is 0 Å². The van der Waals surface area contributed by atoms with Crippen LogP contribution in [0.25, 0.3) is 0 Å². The normalized spacial score (nSPS) is 18.5. The van der Waals surface area contributed by atoms with Crippen molar-refractivity contribution in [3.05, 3.63) is 0 Å². The fourth-order valence-corrected chi connectivity index (χ4v) is 2.37. The number of nitrogens with one attached hydrogen (secondary N) is 1. The summed E-state index contributed by atoms with van der Waals surface area (Å²) in [6.45, 7) is 1.61. The highest BCUT2D eigenvalue weighted by molar-refractivity contribution is 8.00. The topological polar surface area (TPSA) is 21.3 Å². The maximum Gasteiger partial charge on any atom is 0.441 e. The molecule has 0 unspecified atom stereocenters. The van der Waals surface area contributed by atoms with E-state index in [0.29, 0.717) is 25.8 Å². The molecule has 0 radical (unpaired) electrons. The van der Waals surface area contributed by atoms with Crippen molar-refractivity contribution >= 4 is 11.8 Å². The Bertz CT molecular complexity index is 196. The van der Waals surface area contributed by atoms with Crippen molar-refractivity contribution in [2.75, 3.05) is 25.4 Å². The third kappa shape index (κ3) is 8.74. The number of ether oxygens (including phenoxy) is 1. The Hall–Kier alpha value is 0.0600. The predicted molar refractivity (Wildman–Crippen MR) is 64.2 cm³/mol. The Balaban J connectivity index is 1.84. The molecule has 0 aromatic heterocycles. The van der Waals surface area contributed by atoms with Gasteiger partial charge in [0.25, 0.3) is 0 Å². The van der Waals surface area contributed by atoms with Gasteiger partial charge < -0.3 is 10.1 Å². The molecule has 1 N–H and O–H groups in total. The molecule has 2 nitrogen and oxygen atoms in total. The average Bonchev–Trinajstić information content (AvgIpc) is 2.28. The van der Waals surface area contributed by atoms with Gasteiger partial charge in [-0.2, -0.15) is 13.2 Å². The van der Waals surface area contributed by atoms with E-state index in [2.05, 4.69) is 5.32 Å². The van der Waals surface area contributed by atoms with Crippen LogP contribution in [0.1, 0.15) is 32.1 Å². The van der Waals surface area contributed by atoms with Gasteiger partial charge in [-0.25, -0.2) is 0 Å². The van der Waals surface area contributed by atoms with Gasteiger partial charge in [-0.15, -0.1) is 0 Å². The van der Waals surface area contributed by atoms with E-state index in [1.54, 1.807) is 0 Å². The highest BCUT2D eigenvalue weighted by Gasteiger charge is 2.27. The molecule has 1 saturated carbocycles. The van der Waals surface area contributed by atoms with Gasteiger partial charge in [0.15, 0.2) is 0 Å². The van der Waals surface area contributed by atoms with E-state index >= 15 is 0 Å². The third-order valence-electron chi connectivity index (χ3n) is 2.73. The molecule has 0 aliphatic heterocycles. The highest BCUT2D eigenvalue weighted by Crippen LogP contribution is 2.29. The van der Waals surface area contributed by atoms with E-state index in [0.717, 1.165) is 12.8 Å². The molecular formula is C11H20F3NOS. The first-order valence-corrected chi connectivity index (χ1v) is 7.09. The molecule has 1 aliphatic carbocycles. The molecule has 0 bridgehead atoms. The molecule has 0 amide bonds. The van der Waals surface area contributed by atoms with E-state index in [9.17, 15) is 13.2 Å². The average molecular weight is 271 g/mol. The Kier molecular flexibility index (Phi) is 7.30. The van der Waals surface area contributed by atoms with Crippen LogP contribution in [0.3, 0.4) is 0 Å². The first kappa shape index (κ1) is 15.1. The molecule has 0 saturated heterocycles. The number of halogens is 3. The molecular weight excluding hydrogens is 251 g/mol.